The van der Waals surface area contributed by atoms with E-state index in [1.165, 1.54) is 5.56 Å². The number of esters is 1. The summed E-state index contributed by atoms with van der Waals surface area (Å²) in [6.07, 6.45) is 3.65. The first-order valence-corrected chi connectivity index (χ1v) is 5.57. The van der Waals surface area contributed by atoms with E-state index >= 15 is 0 Å². The van der Waals surface area contributed by atoms with Crippen LogP contribution in [0.1, 0.15) is 37.2 Å². The zero-order valence-corrected chi connectivity index (χ0v) is 8.61. The van der Waals surface area contributed by atoms with Gasteiger partial charge in [-0.05, 0) is 24.8 Å². The molecular formula is C13H14O2. The molecule has 0 bridgehead atoms. The lowest BCUT2D eigenvalue weighted by molar-refractivity contribution is -0.156. The molecule has 2 aliphatic rings. The normalized spacial score (nSPS) is 33.9. The molecule has 78 valence electrons. The number of hydrogen-bond donors (Lipinski definition) is 0. The van der Waals surface area contributed by atoms with E-state index in [0.29, 0.717) is 12.3 Å². The Morgan fingerprint density at radius 2 is 2.07 bits per heavy atom. The number of rotatable bonds is 1. The summed E-state index contributed by atoms with van der Waals surface area (Å²) in [4.78, 5) is 11.3. The SMILES string of the molecule is O=C1CCC[C@@]2(C[C@@H]2c2ccccc2)O1. The van der Waals surface area contributed by atoms with E-state index in [1.54, 1.807) is 0 Å². The average molecular weight is 202 g/mol. The smallest absolute Gasteiger partial charge is 0.306 e. The van der Waals surface area contributed by atoms with Crippen LogP contribution in [0.2, 0.25) is 0 Å². The first kappa shape index (κ1) is 8.96. The van der Waals surface area contributed by atoms with Crippen LogP contribution in [-0.4, -0.2) is 11.6 Å². The van der Waals surface area contributed by atoms with Crippen molar-refractivity contribution in [3.8, 4) is 0 Å². The number of hydrogen-bond acceptors (Lipinski definition) is 2. The highest BCUT2D eigenvalue weighted by atomic mass is 16.6. The molecule has 3 rings (SSSR count). The van der Waals surface area contributed by atoms with E-state index in [4.69, 9.17) is 4.74 Å². The summed E-state index contributed by atoms with van der Waals surface area (Å²) in [7, 11) is 0. The van der Waals surface area contributed by atoms with Crippen LogP contribution in [0.3, 0.4) is 0 Å². The second-order valence-electron chi connectivity index (χ2n) is 4.56. The number of benzene rings is 1. The lowest BCUT2D eigenvalue weighted by Crippen LogP contribution is -2.26. The lowest BCUT2D eigenvalue weighted by atomic mass is 10.0. The molecule has 1 aromatic rings. The number of carbonyl (C=O) groups is 1. The van der Waals surface area contributed by atoms with E-state index in [-0.39, 0.29) is 11.6 Å². The summed E-state index contributed by atoms with van der Waals surface area (Å²) in [5.74, 6) is 0.433. The van der Waals surface area contributed by atoms with E-state index in [0.717, 1.165) is 19.3 Å². The molecule has 1 spiro atoms. The van der Waals surface area contributed by atoms with Gasteiger partial charge in [-0.15, -0.1) is 0 Å². The Kier molecular flexibility index (Phi) is 1.84. The first-order valence-electron chi connectivity index (χ1n) is 5.57. The minimum absolute atomic E-state index is 0.0142. The van der Waals surface area contributed by atoms with Crippen molar-refractivity contribution in [1.29, 1.82) is 0 Å². The fraction of sp³-hybridized carbons (Fsp3) is 0.462. The molecule has 1 heterocycles. The monoisotopic (exact) mass is 202 g/mol. The van der Waals surface area contributed by atoms with Gasteiger partial charge in [-0.1, -0.05) is 30.3 Å². The van der Waals surface area contributed by atoms with Crippen molar-refractivity contribution in [2.24, 2.45) is 0 Å². The Bertz CT molecular complexity index is 385. The first-order chi connectivity index (χ1) is 7.30. The van der Waals surface area contributed by atoms with E-state index in [9.17, 15) is 4.79 Å². The van der Waals surface area contributed by atoms with Crippen molar-refractivity contribution in [2.75, 3.05) is 0 Å². The minimum atomic E-state index is -0.128. The van der Waals surface area contributed by atoms with Crippen molar-refractivity contribution in [2.45, 2.75) is 37.2 Å². The molecule has 0 aromatic heterocycles. The molecule has 2 heteroatoms. The standard InChI is InChI=1S/C13H14O2/c14-12-7-4-8-13(15-12)9-11(13)10-5-2-1-3-6-10/h1-3,5-6,11H,4,7-9H2/t11-,13+/m1/s1. The Morgan fingerprint density at radius 3 is 2.80 bits per heavy atom. The van der Waals surface area contributed by atoms with Crippen molar-refractivity contribution >= 4 is 5.97 Å². The average Bonchev–Trinajstić information content (AvgIpc) is 2.93. The Hall–Kier alpha value is -1.31. The van der Waals surface area contributed by atoms with Gasteiger partial charge in [-0.2, -0.15) is 0 Å². The van der Waals surface area contributed by atoms with Crippen molar-refractivity contribution < 1.29 is 9.53 Å². The topological polar surface area (TPSA) is 26.3 Å². The van der Waals surface area contributed by atoms with Crippen molar-refractivity contribution in [3.63, 3.8) is 0 Å². The maximum atomic E-state index is 11.3. The van der Waals surface area contributed by atoms with E-state index in [1.807, 2.05) is 18.2 Å². The molecule has 0 N–H and O–H groups in total. The van der Waals surface area contributed by atoms with Gasteiger partial charge in [0.25, 0.3) is 0 Å². The van der Waals surface area contributed by atoms with Gasteiger partial charge < -0.3 is 4.74 Å². The van der Waals surface area contributed by atoms with Gasteiger partial charge in [0.1, 0.15) is 5.60 Å². The van der Waals surface area contributed by atoms with Crippen LogP contribution in [0, 0.1) is 0 Å². The summed E-state index contributed by atoms with van der Waals surface area (Å²) in [5.41, 5.74) is 1.18. The molecule has 2 atom stereocenters. The van der Waals surface area contributed by atoms with Gasteiger partial charge in [0.2, 0.25) is 0 Å². The second kappa shape index (κ2) is 3.09. The second-order valence-corrected chi connectivity index (χ2v) is 4.56. The van der Waals surface area contributed by atoms with Gasteiger partial charge in [0.15, 0.2) is 0 Å². The van der Waals surface area contributed by atoms with Gasteiger partial charge >= 0.3 is 5.97 Å². The highest BCUT2D eigenvalue weighted by Gasteiger charge is 2.59. The minimum Gasteiger partial charge on any atom is -0.458 e. The third kappa shape index (κ3) is 1.44. The molecule has 1 saturated carbocycles. The third-order valence-electron chi connectivity index (χ3n) is 3.52. The van der Waals surface area contributed by atoms with Crippen LogP contribution in [0.5, 0.6) is 0 Å². The van der Waals surface area contributed by atoms with Crippen LogP contribution in [0.25, 0.3) is 0 Å². The predicted molar refractivity (Wildman–Crippen MR) is 56.5 cm³/mol. The van der Waals surface area contributed by atoms with Crippen LogP contribution in [0.4, 0.5) is 0 Å². The number of ether oxygens (including phenoxy) is 1. The number of carbonyl (C=O) groups excluding carboxylic acids is 1. The highest BCUT2D eigenvalue weighted by molar-refractivity contribution is 5.71. The van der Waals surface area contributed by atoms with Crippen LogP contribution in [0.15, 0.2) is 30.3 Å². The molecule has 0 radical (unpaired) electrons. The third-order valence-corrected chi connectivity index (χ3v) is 3.52. The fourth-order valence-corrected chi connectivity index (χ4v) is 2.64. The maximum absolute atomic E-state index is 11.3. The van der Waals surface area contributed by atoms with Gasteiger partial charge in [0, 0.05) is 12.3 Å². The quantitative estimate of drug-likeness (QED) is 0.654. The van der Waals surface area contributed by atoms with Crippen molar-refractivity contribution in [1.82, 2.24) is 0 Å². The van der Waals surface area contributed by atoms with Crippen LogP contribution >= 0.6 is 0 Å². The van der Waals surface area contributed by atoms with Gasteiger partial charge in [-0.3, -0.25) is 4.79 Å². The summed E-state index contributed by atoms with van der Waals surface area (Å²) >= 11 is 0. The van der Waals surface area contributed by atoms with Gasteiger partial charge in [-0.25, -0.2) is 0 Å². The molecule has 2 nitrogen and oxygen atoms in total. The zero-order chi connectivity index (χ0) is 10.3. The summed E-state index contributed by atoms with van der Waals surface area (Å²) in [5, 5.41) is 0. The molecule has 1 saturated heterocycles. The molecular weight excluding hydrogens is 188 g/mol. The van der Waals surface area contributed by atoms with Gasteiger partial charge in [0.05, 0.1) is 0 Å². The lowest BCUT2D eigenvalue weighted by Gasteiger charge is -2.23. The highest BCUT2D eigenvalue weighted by Crippen LogP contribution is 2.58. The van der Waals surface area contributed by atoms with E-state index in [2.05, 4.69) is 12.1 Å². The van der Waals surface area contributed by atoms with Crippen LogP contribution < -0.4 is 0 Å². The Balaban J connectivity index is 1.80. The Labute approximate surface area is 89.2 Å². The largest absolute Gasteiger partial charge is 0.458 e. The Morgan fingerprint density at radius 1 is 1.27 bits per heavy atom. The summed E-state index contributed by atoms with van der Waals surface area (Å²) in [6.45, 7) is 0. The zero-order valence-electron chi connectivity index (χ0n) is 8.61. The molecule has 0 unspecified atom stereocenters. The predicted octanol–water partition coefficient (Wildman–Crippen LogP) is 2.64. The molecule has 0 amide bonds. The molecule has 1 aromatic carbocycles. The molecule has 1 aliphatic heterocycles. The van der Waals surface area contributed by atoms with Crippen LogP contribution in [-0.2, 0) is 9.53 Å². The summed E-state index contributed by atoms with van der Waals surface area (Å²) in [6, 6.07) is 10.4. The molecule has 15 heavy (non-hydrogen) atoms. The van der Waals surface area contributed by atoms with E-state index < -0.39 is 0 Å². The molecule has 1 aliphatic carbocycles. The maximum Gasteiger partial charge on any atom is 0.306 e. The fourth-order valence-electron chi connectivity index (χ4n) is 2.64. The summed E-state index contributed by atoms with van der Waals surface area (Å²) < 4.78 is 5.51. The van der Waals surface area contributed by atoms with Crippen molar-refractivity contribution in [3.05, 3.63) is 35.9 Å². The molecule has 2 fully saturated rings.